The summed E-state index contributed by atoms with van der Waals surface area (Å²) in [7, 11) is -1.53. The molecule has 0 spiro atoms. The highest BCUT2D eigenvalue weighted by Crippen LogP contribution is 2.36. The molecule has 10 heteroatoms. The Morgan fingerprint density at radius 1 is 1.21 bits per heavy atom. The quantitative estimate of drug-likeness (QED) is 0.508. The van der Waals surface area contributed by atoms with Gasteiger partial charge in [0.1, 0.15) is 6.61 Å². The number of methoxy groups -OCH3 is 1. The summed E-state index contributed by atoms with van der Waals surface area (Å²) in [4.78, 5) is 17.6. The third-order valence-corrected chi connectivity index (χ3v) is 7.44. The number of aromatic amines is 1. The molecule has 2 aromatic carbocycles. The summed E-state index contributed by atoms with van der Waals surface area (Å²) in [5, 5.41) is 11.0. The zero-order valence-electron chi connectivity index (χ0n) is 18.5. The molecule has 1 aliphatic rings. The van der Waals surface area contributed by atoms with Crippen LogP contribution in [-0.4, -0.2) is 75.5 Å². The van der Waals surface area contributed by atoms with Crippen molar-refractivity contribution in [1.82, 2.24) is 9.29 Å². The van der Waals surface area contributed by atoms with Crippen LogP contribution in [0.3, 0.4) is 0 Å². The minimum atomic E-state index is -4.15. The number of benzene rings is 2. The number of H-pyrrole nitrogens is 1. The van der Waals surface area contributed by atoms with Crippen molar-refractivity contribution in [3.05, 3.63) is 48.5 Å². The highest BCUT2D eigenvalue weighted by molar-refractivity contribution is 7.89. The summed E-state index contributed by atoms with van der Waals surface area (Å²) >= 11 is 0. The van der Waals surface area contributed by atoms with Crippen LogP contribution >= 0.6 is 0 Å². The van der Waals surface area contributed by atoms with E-state index in [0.717, 1.165) is 29.3 Å². The monoisotopic (exact) mass is 473 g/mol. The fourth-order valence-electron chi connectivity index (χ4n) is 3.91. The predicted molar refractivity (Wildman–Crippen MR) is 125 cm³/mol. The van der Waals surface area contributed by atoms with Gasteiger partial charge >= 0.3 is 6.09 Å². The van der Waals surface area contributed by atoms with Gasteiger partial charge in [-0.1, -0.05) is 18.2 Å². The fourth-order valence-corrected chi connectivity index (χ4v) is 4.98. The van der Waals surface area contributed by atoms with Gasteiger partial charge in [-0.25, -0.2) is 17.5 Å². The first-order valence-electron chi connectivity index (χ1n) is 10.6. The van der Waals surface area contributed by atoms with Crippen LogP contribution < -0.4 is 4.90 Å². The van der Waals surface area contributed by atoms with Crippen molar-refractivity contribution in [3.63, 3.8) is 0 Å². The van der Waals surface area contributed by atoms with Crippen molar-refractivity contribution >= 4 is 32.7 Å². The molecular weight excluding hydrogens is 446 g/mol. The van der Waals surface area contributed by atoms with Gasteiger partial charge in [0.05, 0.1) is 17.6 Å². The Morgan fingerprint density at radius 3 is 2.70 bits per heavy atom. The summed E-state index contributed by atoms with van der Waals surface area (Å²) in [6, 6.07) is 14.5. The van der Waals surface area contributed by atoms with Crippen LogP contribution in [0, 0.1) is 0 Å². The molecule has 3 aromatic rings. The number of hydrogen-bond donors (Lipinski definition) is 2. The Balaban J connectivity index is 1.74. The highest BCUT2D eigenvalue weighted by Gasteiger charge is 2.29. The lowest BCUT2D eigenvalue weighted by molar-refractivity contribution is 0.0892. The smallest absolute Gasteiger partial charge is 0.423 e. The minimum Gasteiger partial charge on any atom is -0.446 e. The molecule has 33 heavy (non-hydrogen) atoms. The molecule has 0 saturated carbocycles. The Kier molecular flexibility index (Phi) is 6.59. The minimum absolute atomic E-state index is 0.0363. The molecule has 2 heterocycles. The number of amides is 1. The molecule has 0 unspecified atom stereocenters. The number of rotatable bonds is 7. The number of aromatic nitrogens is 1. The van der Waals surface area contributed by atoms with Crippen molar-refractivity contribution in [2.24, 2.45) is 0 Å². The van der Waals surface area contributed by atoms with Crippen LogP contribution in [0.4, 0.5) is 10.5 Å². The number of carbonyl (C=O) groups is 1. The number of anilines is 1. The maximum Gasteiger partial charge on any atom is 0.423 e. The van der Waals surface area contributed by atoms with E-state index in [9.17, 15) is 18.3 Å². The maximum absolute atomic E-state index is 13.2. The van der Waals surface area contributed by atoms with E-state index in [1.165, 1.54) is 13.2 Å². The number of β-amino-alcohol motifs (C(OH)–C–C–N with tert-alkyl or cyclic N) is 1. The molecule has 1 atom stereocenters. The standard InChI is InChI=1S/C23H27N3O6S/c1-25(23(28)32-12-11-31-2)33(29,30)18-7-8-22(26-10-9-17(27)15-26)19(14-18)21-13-16-5-3-4-6-20(16)24-21/h3-8,13-14,17,24,27H,9-12,15H2,1-2H3/t17-/m0/s1. The Hall–Kier alpha value is -3.08. The van der Waals surface area contributed by atoms with E-state index in [1.807, 2.05) is 35.2 Å². The average Bonchev–Trinajstić information content (AvgIpc) is 3.44. The molecule has 0 aliphatic carbocycles. The van der Waals surface area contributed by atoms with Crippen LogP contribution in [0.2, 0.25) is 0 Å². The van der Waals surface area contributed by atoms with Crippen LogP contribution in [-0.2, 0) is 19.5 Å². The molecule has 9 nitrogen and oxygen atoms in total. The SMILES string of the molecule is COCCOC(=O)N(C)S(=O)(=O)c1ccc(N2CC[C@H](O)C2)c(-c2cc3ccccc3[nH]2)c1. The second kappa shape index (κ2) is 9.42. The lowest BCUT2D eigenvalue weighted by Crippen LogP contribution is -2.34. The van der Waals surface area contributed by atoms with Gasteiger partial charge in [-0.15, -0.1) is 0 Å². The predicted octanol–water partition coefficient (Wildman–Crippen LogP) is 2.81. The van der Waals surface area contributed by atoms with E-state index in [1.54, 1.807) is 12.1 Å². The second-order valence-electron chi connectivity index (χ2n) is 7.92. The number of fused-ring (bicyclic) bond motifs is 1. The molecule has 4 rings (SSSR count). The van der Waals surface area contributed by atoms with Gasteiger partial charge in [0.2, 0.25) is 0 Å². The summed E-state index contributed by atoms with van der Waals surface area (Å²) in [5.74, 6) is 0. The van der Waals surface area contributed by atoms with E-state index in [0.29, 0.717) is 29.4 Å². The molecule has 176 valence electrons. The third kappa shape index (κ3) is 4.68. The van der Waals surface area contributed by atoms with Crippen molar-refractivity contribution in [2.45, 2.75) is 17.4 Å². The van der Waals surface area contributed by atoms with Gasteiger partial charge in [-0.3, -0.25) is 0 Å². The van der Waals surface area contributed by atoms with Crippen LogP contribution in [0.5, 0.6) is 0 Å². The van der Waals surface area contributed by atoms with Crippen LogP contribution in [0.25, 0.3) is 22.2 Å². The van der Waals surface area contributed by atoms with E-state index in [4.69, 9.17) is 9.47 Å². The number of aliphatic hydroxyl groups excluding tert-OH is 1. The topological polar surface area (TPSA) is 112 Å². The van der Waals surface area contributed by atoms with Gasteiger partial charge in [0, 0.05) is 55.1 Å². The third-order valence-electron chi connectivity index (χ3n) is 5.72. The van der Waals surface area contributed by atoms with Gasteiger partial charge in [-0.2, -0.15) is 0 Å². The van der Waals surface area contributed by atoms with E-state index >= 15 is 0 Å². The summed E-state index contributed by atoms with van der Waals surface area (Å²) in [6.07, 6.45) is -0.773. The van der Waals surface area contributed by atoms with Gasteiger partial charge in [0.25, 0.3) is 10.0 Å². The van der Waals surface area contributed by atoms with Crippen LogP contribution in [0.15, 0.2) is 53.4 Å². The first-order valence-corrected chi connectivity index (χ1v) is 12.0. The molecule has 0 radical (unpaired) electrons. The van der Waals surface area contributed by atoms with Gasteiger partial charge < -0.3 is 24.5 Å². The van der Waals surface area contributed by atoms with E-state index in [-0.39, 0.29) is 18.1 Å². The number of sulfonamides is 1. The van der Waals surface area contributed by atoms with Crippen molar-refractivity contribution < 1.29 is 27.8 Å². The molecular formula is C23H27N3O6S. The Labute approximate surface area is 192 Å². The number of hydrogen-bond acceptors (Lipinski definition) is 7. The zero-order valence-corrected chi connectivity index (χ0v) is 19.3. The molecule has 1 aromatic heterocycles. The molecule has 1 saturated heterocycles. The van der Waals surface area contributed by atoms with Crippen molar-refractivity contribution in [1.29, 1.82) is 0 Å². The molecule has 1 fully saturated rings. The number of nitrogens with one attached hydrogen (secondary N) is 1. The number of carbonyl (C=O) groups excluding carboxylic acids is 1. The highest BCUT2D eigenvalue weighted by atomic mass is 32.2. The number of aliphatic hydroxyl groups is 1. The first kappa shape index (κ1) is 23.1. The number of ether oxygens (including phenoxy) is 2. The van der Waals surface area contributed by atoms with Crippen LogP contribution in [0.1, 0.15) is 6.42 Å². The molecule has 0 bridgehead atoms. The normalized spacial score (nSPS) is 16.3. The molecule has 1 aliphatic heterocycles. The summed E-state index contributed by atoms with van der Waals surface area (Å²) < 4.78 is 36.7. The summed E-state index contributed by atoms with van der Waals surface area (Å²) in [6.45, 7) is 1.24. The number of para-hydroxylation sites is 1. The second-order valence-corrected chi connectivity index (χ2v) is 9.89. The first-order chi connectivity index (χ1) is 15.8. The lowest BCUT2D eigenvalue weighted by atomic mass is 10.1. The van der Waals surface area contributed by atoms with Crippen molar-refractivity contribution in [3.8, 4) is 11.3 Å². The summed E-state index contributed by atoms with van der Waals surface area (Å²) in [5.41, 5.74) is 3.15. The average molecular weight is 474 g/mol. The van der Waals surface area contributed by atoms with E-state index < -0.39 is 22.2 Å². The van der Waals surface area contributed by atoms with Crippen molar-refractivity contribution in [2.75, 3.05) is 45.4 Å². The molecule has 2 N–H and O–H groups in total. The van der Waals surface area contributed by atoms with Gasteiger partial charge in [0.15, 0.2) is 0 Å². The number of nitrogens with zero attached hydrogens (tertiary/aromatic N) is 2. The molecule has 1 amide bonds. The maximum atomic E-state index is 13.2. The fraction of sp³-hybridized carbons (Fsp3) is 0.348. The Morgan fingerprint density at radius 2 is 2.00 bits per heavy atom. The van der Waals surface area contributed by atoms with E-state index in [2.05, 4.69) is 4.98 Å². The largest absolute Gasteiger partial charge is 0.446 e. The Bertz CT molecular complexity index is 1220. The lowest BCUT2D eigenvalue weighted by Gasteiger charge is -2.23. The zero-order chi connectivity index (χ0) is 23.6. The van der Waals surface area contributed by atoms with Gasteiger partial charge in [-0.05, 0) is 36.8 Å².